The third-order valence-electron chi connectivity index (χ3n) is 4.23. The molecule has 146 valence electrons. The van der Waals surface area contributed by atoms with Crippen LogP contribution in [0.5, 0.6) is 0 Å². The Morgan fingerprint density at radius 2 is 2.11 bits per heavy atom. The standard InChI is InChI=1S/C19H19N3O6/c1-2-10-27-16-15(24)13(11-23)28-18(16)22-9-8-14(21-19(22)26)20-17(25)12-6-4-3-5-7-12/h1,3-9,13,15-16,18,23-24H,10-11H2,(H,20,21,25,26)/t13-,15-,16-,18-/m1/s1. The van der Waals surface area contributed by atoms with E-state index in [0.717, 1.165) is 4.57 Å². The number of amides is 1. The molecule has 2 aromatic rings. The van der Waals surface area contributed by atoms with Gasteiger partial charge in [-0.1, -0.05) is 24.1 Å². The van der Waals surface area contributed by atoms with Gasteiger partial charge in [0.2, 0.25) is 0 Å². The van der Waals surface area contributed by atoms with Crippen LogP contribution in [-0.4, -0.2) is 57.2 Å². The maximum Gasteiger partial charge on any atom is 0.351 e. The predicted octanol–water partition coefficient (Wildman–Crippen LogP) is -0.235. The largest absolute Gasteiger partial charge is 0.394 e. The molecule has 0 saturated carbocycles. The summed E-state index contributed by atoms with van der Waals surface area (Å²) < 4.78 is 12.0. The molecule has 3 rings (SSSR count). The fourth-order valence-electron chi connectivity index (χ4n) is 2.87. The van der Waals surface area contributed by atoms with Crippen LogP contribution in [-0.2, 0) is 9.47 Å². The third-order valence-corrected chi connectivity index (χ3v) is 4.23. The number of carbonyl (C=O) groups is 1. The number of rotatable bonds is 6. The van der Waals surface area contributed by atoms with E-state index < -0.39 is 42.7 Å². The average molecular weight is 385 g/mol. The molecule has 0 aliphatic carbocycles. The Balaban J connectivity index is 1.80. The molecule has 4 atom stereocenters. The molecule has 0 spiro atoms. The number of hydrogen-bond donors (Lipinski definition) is 3. The zero-order chi connectivity index (χ0) is 20.1. The first-order chi connectivity index (χ1) is 13.5. The van der Waals surface area contributed by atoms with Crippen molar-refractivity contribution < 1.29 is 24.5 Å². The topological polar surface area (TPSA) is 123 Å². The predicted molar refractivity (Wildman–Crippen MR) is 98.5 cm³/mol. The van der Waals surface area contributed by atoms with Gasteiger partial charge in [0.15, 0.2) is 6.23 Å². The number of anilines is 1. The molecule has 1 amide bonds. The summed E-state index contributed by atoms with van der Waals surface area (Å²) in [6.07, 6.45) is 2.44. The Labute approximate surface area is 160 Å². The molecule has 9 heteroatoms. The highest BCUT2D eigenvalue weighted by molar-refractivity contribution is 6.03. The summed E-state index contributed by atoms with van der Waals surface area (Å²) in [6, 6.07) is 9.90. The number of aromatic nitrogens is 2. The highest BCUT2D eigenvalue weighted by atomic mass is 16.6. The van der Waals surface area contributed by atoms with Crippen molar-refractivity contribution in [2.75, 3.05) is 18.5 Å². The number of terminal acetylenes is 1. The summed E-state index contributed by atoms with van der Waals surface area (Å²) in [6.45, 7) is -0.561. The number of benzene rings is 1. The lowest BCUT2D eigenvalue weighted by atomic mass is 10.1. The Bertz CT molecular complexity index is 923. The van der Waals surface area contributed by atoms with E-state index in [0.29, 0.717) is 5.56 Å². The quantitative estimate of drug-likeness (QED) is 0.587. The van der Waals surface area contributed by atoms with Crippen LogP contribution in [0.1, 0.15) is 16.6 Å². The highest BCUT2D eigenvalue weighted by Gasteiger charge is 2.45. The third kappa shape index (κ3) is 4.11. The van der Waals surface area contributed by atoms with Crippen molar-refractivity contribution in [1.82, 2.24) is 9.55 Å². The van der Waals surface area contributed by atoms with Gasteiger partial charge in [-0.05, 0) is 18.2 Å². The van der Waals surface area contributed by atoms with Gasteiger partial charge < -0.3 is 25.0 Å². The molecule has 2 heterocycles. The number of hydrogen-bond acceptors (Lipinski definition) is 7. The molecule has 1 aliphatic heterocycles. The van der Waals surface area contributed by atoms with Gasteiger partial charge >= 0.3 is 5.69 Å². The van der Waals surface area contributed by atoms with Crippen LogP contribution in [0.2, 0.25) is 0 Å². The summed E-state index contributed by atoms with van der Waals surface area (Å²) in [4.78, 5) is 28.5. The lowest BCUT2D eigenvalue weighted by Crippen LogP contribution is -2.38. The van der Waals surface area contributed by atoms with Crippen molar-refractivity contribution in [1.29, 1.82) is 0 Å². The van der Waals surface area contributed by atoms with Crippen molar-refractivity contribution in [3.05, 3.63) is 58.6 Å². The molecule has 1 aliphatic rings. The van der Waals surface area contributed by atoms with Gasteiger partial charge in [0, 0.05) is 11.8 Å². The first-order valence-electron chi connectivity index (χ1n) is 8.50. The fraction of sp³-hybridized carbons (Fsp3) is 0.316. The second kappa shape index (κ2) is 8.77. The molecule has 1 fully saturated rings. The highest BCUT2D eigenvalue weighted by Crippen LogP contribution is 2.30. The van der Waals surface area contributed by atoms with Crippen molar-refractivity contribution >= 4 is 11.7 Å². The van der Waals surface area contributed by atoms with Crippen LogP contribution in [0.25, 0.3) is 0 Å². The molecule has 9 nitrogen and oxygen atoms in total. The molecule has 28 heavy (non-hydrogen) atoms. The summed E-state index contributed by atoms with van der Waals surface area (Å²) in [5.74, 6) is 1.93. The first kappa shape index (κ1) is 19.7. The molecule has 1 aromatic carbocycles. The fourth-order valence-corrected chi connectivity index (χ4v) is 2.87. The molecule has 3 N–H and O–H groups in total. The van der Waals surface area contributed by atoms with E-state index in [-0.39, 0.29) is 12.4 Å². The lowest BCUT2D eigenvalue weighted by molar-refractivity contribution is -0.0676. The van der Waals surface area contributed by atoms with Crippen molar-refractivity contribution in [3.63, 3.8) is 0 Å². The minimum atomic E-state index is -1.17. The minimum Gasteiger partial charge on any atom is -0.394 e. The van der Waals surface area contributed by atoms with Crippen molar-refractivity contribution in [2.24, 2.45) is 0 Å². The maximum atomic E-state index is 12.4. The summed E-state index contributed by atoms with van der Waals surface area (Å²) in [5, 5.41) is 22.1. The SMILES string of the molecule is C#CCO[C@@H]1[C@H](O)[C@@H](CO)O[C@H]1n1ccc(NC(=O)c2ccccc2)nc1=O. The molecule has 1 saturated heterocycles. The molecular weight excluding hydrogens is 366 g/mol. The Kier molecular flexibility index (Phi) is 6.18. The van der Waals surface area contributed by atoms with Crippen LogP contribution in [0, 0.1) is 12.3 Å². The van der Waals surface area contributed by atoms with Gasteiger partial charge in [0.1, 0.15) is 30.7 Å². The summed E-state index contributed by atoms with van der Waals surface area (Å²) in [5.41, 5.74) is -0.305. The van der Waals surface area contributed by atoms with E-state index in [1.54, 1.807) is 30.3 Å². The van der Waals surface area contributed by atoms with E-state index in [1.165, 1.54) is 12.3 Å². The van der Waals surface area contributed by atoms with Gasteiger partial charge in [-0.3, -0.25) is 9.36 Å². The number of nitrogens with zero attached hydrogens (tertiary/aromatic N) is 2. The molecule has 0 bridgehead atoms. The number of aliphatic hydroxyl groups is 2. The Hall–Kier alpha value is -3.03. The second-order valence-corrected chi connectivity index (χ2v) is 6.04. The molecule has 1 aromatic heterocycles. The van der Waals surface area contributed by atoms with E-state index in [1.807, 2.05) is 0 Å². The average Bonchev–Trinajstić information content (AvgIpc) is 3.02. The second-order valence-electron chi connectivity index (χ2n) is 6.04. The van der Waals surface area contributed by atoms with E-state index in [2.05, 4.69) is 16.2 Å². The summed E-state index contributed by atoms with van der Waals surface area (Å²) in [7, 11) is 0. The van der Waals surface area contributed by atoms with E-state index >= 15 is 0 Å². The van der Waals surface area contributed by atoms with Gasteiger partial charge in [-0.25, -0.2) is 4.79 Å². The maximum absolute atomic E-state index is 12.4. The minimum absolute atomic E-state index is 0.0634. The van der Waals surface area contributed by atoms with Crippen LogP contribution in [0.4, 0.5) is 5.82 Å². The van der Waals surface area contributed by atoms with Crippen LogP contribution < -0.4 is 11.0 Å². The number of ether oxygens (including phenoxy) is 2. The molecular formula is C19H19N3O6. The van der Waals surface area contributed by atoms with Crippen molar-refractivity contribution in [3.8, 4) is 12.3 Å². The van der Waals surface area contributed by atoms with Gasteiger partial charge in [0.05, 0.1) is 6.61 Å². The monoisotopic (exact) mass is 385 g/mol. The summed E-state index contributed by atoms with van der Waals surface area (Å²) >= 11 is 0. The van der Waals surface area contributed by atoms with E-state index in [4.69, 9.17) is 15.9 Å². The van der Waals surface area contributed by atoms with Crippen LogP contribution >= 0.6 is 0 Å². The van der Waals surface area contributed by atoms with Gasteiger partial charge in [-0.15, -0.1) is 6.42 Å². The first-order valence-corrected chi connectivity index (χ1v) is 8.50. The van der Waals surface area contributed by atoms with E-state index in [9.17, 15) is 19.8 Å². The number of carbonyl (C=O) groups excluding carboxylic acids is 1. The zero-order valence-electron chi connectivity index (χ0n) is 14.8. The Morgan fingerprint density at radius 1 is 1.36 bits per heavy atom. The number of aliphatic hydroxyl groups excluding tert-OH is 2. The Morgan fingerprint density at radius 3 is 2.75 bits per heavy atom. The van der Waals surface area contributed by atoms with Gasteiger partial charge in [0.25, 0.3) is 5.91 Å². The zero-order valence-corrected chi connectivity index (χ0v) is 14.8. The van der Waals surface area contributed by atoms with Crippen molar-refractivity contribution in [2.45, 2.75) is 24.5 Å². The lowest BCUT2D eigenvalue weighted by Gasteiger charge is -2.21. The van der Waals surface area contributed by atoms with Gasteiger partial charge in [-0.2, -0.15) is 4.98 Å². The number of nitrogens with one attached hydrogen (secondary N) is 1. The normalized spacial score (nSPS) is 23.9. The molecule has 0 unspecified atom stereocenters. The van der Waals surface area contributed by atoms with Crippen LogP contribution in [0.3, 0.4) is 0 Å². The molecule has 0 radical (unpaired) electrons. The smallest absolute Gasteiger partial charge is 0.351 e. The van der Waals surface area contributed by atoms with Crippen LogP contribution in [0.15, 0.2) is 47.4 Å².